The van der Waals surface area contributed by atoms with Gasteiger partial charge >= 0.3 is 0 Å². The van der Waals surface area contributed by atoms with Gasteiger partial charge in [0.2, 0.25) is 11.8 Å². The normalized spacial score (nSPS) is 17.5. The third-order valence-corrected chi connectivity index (χ3v) is 6.19. The summed E-state index contributed by atoms with van der Waals surface area (Å²) in [6.07, 6.45) is 2.80. The van der Waals surface area contributed by atoms with E-state index >= 15 is 0 Å². The summed E-state index contributed by atoms with van der Waals surface area (Å²) in [6, 6.07) is 13.2. The molecule has 1 atom stereocenters. The maximum absolute atomic E-state index is 13.4. The van der Waals surface area contributed by atoms with E-state index in [0.29, 0.717) is 17.8 Å². The number of amides is 3. The minimum atomic E-state index is -0.253. The topological polar surface area (TPSA) is 73.0 Å². The number of nitrogens with zero attached hydrogens (tertiary/aromatic N) is 3. The molecule has 1 unspecified atom stereocenters. The van der Waals surface area contributed by atoms with Gasteiger partial charge in [0.05, 0.1) is 11.4 Å². The van der Waals surface area contributed by atoms with Crippen LogP contribution in [0.1, 0.15) is 40.7 Å². The SMILES string of the molecule is Cc1ccc(CNC(=O)CN2C(=O)C3CCCCN3c3ccc(C(=O)N(C)C)cc32)cc1. The lowest BCUT2D eigenvalue weighted by atomic mass is 9.95. The number of hydrogen-bond donors (Lipinski definition) is 1. The maximum Gasteiger partial charge on any atom is 0.253 e. The molecular formula is C25H30N4O3. The molecule has 0 saturated carbocycles. The van der Waals surface area contributed by atoms with Gasteiger partial charge in [-0.2, -0.15) is 0 Å². The molecule has 2 aromatic rings. The lowest BCUT2D eigenvalue weighted by Crippen LogP contribution is -2.57. The highest BCUT2D eigenvalue weighted by Crippen LogP contribution is 2.40. The van der Waals surface area contributed by atoms with Gasteiger partial charge in [0, 0.05) is 32.7 Å². The fraction of sp³-hybridized carbons (Fsp3) is 0.400. The highest BCUT2D eigenvalue weighted by atomic mass is 16.2. The standard InChI is InChI=1S/C25H30N4O3/c1-17-7-9-18(10-8-17)15-26-23(30)16-29-22-14-19(24(31)27(2)3)11-12-20(22)28-13-5-4-6-21(28)25(29)32/h7-12,14,21H,4-6,13,15-16H2,1-3H3,(H,26,30). The largest absolute Gasteiger partial charge is 0.358 e. The van der Waals surface area contributed by atoms with Gasteiger partial charge in [-0.3, -0.25) is 19.3 Å². The van der Waals surface area contributed by atoms with Gasteiger partial charge < -0.3 is 15.1 Å². The molecule has 0 aliphatic carbocycles. The number of carbonyl (C=O) groups excluding carboxylic acids is 3. The van der Waals surface area contributed by atoms with Gasteiger partial charge in [-0.05, 0) is 49.9 Å². The molecular weight excluding hydrogens is 404 g/mol. The van der Waals surface area contributed by atoms with E-state index in [9.17, 15) is 14.4 Å². The second-order valence-corrected chi connectivity index (χ2v) is 8.79. The van der Waals surface area contributed by atoms with E-state index in [-0.39, 0.29) is 30.3 Å². The molecule has 7 heteroatoms. The third-order valence-electron chi connectivity index (χ3n) is 6.19. The second-order valence-electron chi connectivity index (χ2n) is 8.79. The van der Waals surface area contributed by atoms with Crippen molar-refractivity contribution in [2.24, 2.45) is 0 Å². The summed E-state index contributed by atoms with van der Waals surface area (Å²) in [5.74, 6) is -0.430. The maximum atomic E-state index is 13.4. The lowest BCUT2D eigenvalue weighted by Gasteiger charge is -2.45. The van der Waals surface area contributed by atoms with Crippen molar-refractivity contribution in [2.45, 2.75) is 38.8 Å². The summed E-state index contributed by atoms with van der Waals surface area (Å²) in [5.41, 5.74) is 4.21. The van der Waals surface area contributed by atoms with Crippen LogP contribution in [0, 0.1) is 6.92 Å². The van der Waals surface area contributed by atoms with E-state index < -0.39 is 0 Å². The van der Waals surface area contributed by atoms with Gasteiger partial charge in [0.15, 0.2) is 0 Å². The molecule has 4 rings (SSSR count). The highest BCUT2D eigenvalue weighted by molar-refractivity contribution is 6.09. The van der Waals surface area contributed by atoms with Crippen LogP contribution in [0.5, 0.6) is 0 Å². The summed E-state index contributed by atoms with van der Waals surface area (Å²) in [7, 11) is 3.40. The van der Waals surface area contributed by atoms with Crippen molar-refractivity contribution >= 4 is 29.1 Å². The smallest absolute Gasteiger partial charge is 0.253 e. The Morgan fingerprint density at radius 1 is 1.06 bits per heavy atom. The van der Waals surface area contributed by atoms with Crippen molar-refractivity contribution < 1.29 is 14.4 Å². The number of nitrogens with one attached hydrogen (secondary N) is 1. The molecule has 0 radical (unpaired) electrons. The first-order chi connectivity index (χ1) is 15.3. The van der Waals surface area contributed by atoms with Crippen LogP contribution in [0.2, 0.25) is 0 Å². The van der Waals surface area contributed by atoms with E-state index in [2.05, 4.69) is 10.2 Å². The Hall–Kier alpha value is -3.35. The molecule has 32 heavy (non-hydrogen) atoms. The minimum absolute atomic E-state index is 0.0678. The minimum Gasteiger partial charge on any atom is -0.358 e. The number of aryl methyl sites for hydroxylation is 1. The fourth-order valence-electron chi connectivity index (χ4n) is 4.42. The van der Waals surface area contributed by atoms with Crippen LogP contribution in [-0.4, -0.2) is 55.8 Å². The first-order valence-electron chi connectivity index (χ1n) is 11.1. The average Bonchev–Trinajstić information content (AvgIpc) is 2.80. The van der Waals surface area contributed by atoms with Crippen molar-refractivity contribution in [1.29, 1.82) is 0 Å². The molecule has 3 amide bonds. The Morgan fingerprint density at radius 3 is 2.53 bits per heavy atom. The van der Waals surface area contributed by atoms with Crippen LogP contribution in [0.3, 0.4) is 0 Å². The van der Waals surface area contributed by atoms with Crippen molar-refractivity contribution in [1.82, 2.24) is 10.2 Å². The Labute approximate surface area is 189 Å². The first kappa shape index (κ1) is 21.9. The van der Waals surface area contributed by atoms with Crippen molar-refractivity contribution in [3.8, 4) is 0 Å². The zero-order valence-corrected chi connectivity index (χ0v) is 18.9. The molecule has 0 aromatic heterocycles. The van der Waals surface area contributed by atoms with Crippen molar-refractivity contribution in [3.05, 3.63) is 59.2 Å². The lowest BCUT2D eigenvalue weighted by molar-refractivity contribution is -0.125. The summed E-state index contributed by atoms with van der Waals surface area (Å²) in [5, 5.41) is 2.92. The van der Waals surface area contributed by atoms with E-state index in [1.165, 1.54) is 4.90 Å². The van der Waals surface area contributed by atoms with Crippen LogP contribution in [-0.2, 0) is 16.1 Å². The van der Waals surface area contributed by atoms with Crippen molar-refractivity contribution in [3.63, 3.8) is 0 Å². The second kappa shape index (κ2) is 9.02. The molecule has 168 valence electrons. The molecule has 0 bridgehead atoms. The predicted octanol–water partition coefficient (Wildman–Crippen LogP) is 2.72. The Morgan fingerprint density at radius 2 is 1.81 bits per heavy atom. The summed E-state index contributed by atoms with van der Waals surface area (Å²) in [4.78, 5) is 43.9. The first-order valence-corrected chi connectivity index (χ1v) is 11.1. The van der Waals surface area contributed by atoms with E-state index in [4.69, 9.17) is 0 Å². The van der Waals surface area contributed by atoms with Crippen molar-refractivity contribution in [2.75, 3.05) is 37.0 Å². The Kier molecular flexibility index (Phi) is 6.17. The molecule has 1 fully saturated rings. The molecule has 2 aliphatic rings. The number of fused-ring (bicyclic) bond motifs is 3. The predicted molar refractivity (Wildman–Crippen MR) is 125 cm³/mol. The number of rotatable bonds is 5. The quantitative estimate of drug-likeness (QED) is 0.785. The van der Waals surface area contributed by atoms with E-state index in [0.717, 1.165) is 42.6 Å². The number of hydrogen-bond acceptors (Lipinski definition) is 4. The fourth-order valence-corrected chi connectivity index (χ4v) is 4.42. The zero-order valence-electron chi connectivity index (χ0n) is 18.9. The Bertz CT molecular complexity index is 1030. The number of carbonyl (C=O) groups is 3. The molecule has 7 nitrogen and oxygen atoms in total. The monoisotopic (exact) mass is 434 g/mol. The summed E-state index contributed by atoms with van der Waals surface area (Å²) < 4.78 is 0. The number of anilines is 2. The summed E-state index contributed by atoms with van der Waals surface area (Å²) >= 11 is 0. The van der Waals surface area contributed by atoms with Gasteiger partial charge in [-0.15, -0.1) is 0 Å². The highest BCUT2D eigenvalue weighted by Gasteiger charge is 2.40. The Balaban J connectivity index is 1.59. The third kappa shape index (κ3) is 4.33. The number of benzene rings is 2. The molecule has 2 aliphatic heterocycles. The number of piperidine rings is 1. The van der Waals surface area contributed by atoms with Crippen LogP contribution in [0.25, 0.3) is 0 Å². The molecule has 1 saturated heterocycles. The van der Waals surface area contributed by atoms with E-state index in [1.807, 2.05) is 37.3 Å². The zero-order chi connectivity index (χ0) is 22.8. The van der Waals surface area contributed by atoms with Gasteiger partial charge in [0.1, 0.15) is 12.6 Å². The average molecular weight is 435 g/mol. The molecule has 2 aromatic carbocycles. The van der Waals surface area contributed by atoms with Crippen LogP contribution in [0.15, 0.2) is 42.5 Å². The van der Waals surface area contributed by atoms with Crippen LogP contribution >= 0.6 is 0 Å². The van der Waals surface area contributed by atoms with Crippen LogP contribution in [0.4, 0.5) is 11.4 Å². The van der Waals surface area contributed by atoms with Gasteiger partial charge in [0.25, 0.3) is 5.91 Å². The van der Waals surface area contributed by atoms with Gasteiger partial charge in [-0.25, -0.2) is 0 Å². The van der Waals surface area contributed by atoms with Crippen LogP contribution < -0.4 is 15.1 Å². The van der Waals surface area contributed by atoms with Gasteiger partial charge in [-0.1, -0.05) is 29.8 Å². The summed E-state index contributed by atoms with van der Waals surface area (Å²) in [6.45, 7) is 3.16. The molecule has 2 heterocycles. The van der Waals surface area contributed by atoms with E-state index in [1.54, 1.807) is 31.1 Å². The molecule has 1 N–H and O–H groups in total. The molecule has 0 spiro atoms.